The van der Waals surface area contributed by atoms with Crippen molar-refractivity contribution >= 4 is 17.2 Å². The molecule has 0 unspecified atom stereocenters. The van der Waals surface area contributed by atoms with Crippen LogP contribution < -0.4 is 14.2 Å². The fourth-order valence-electron chi connectivity index (χ4n) is 3.68. The van der Waals surface area contributed by atoms with E-state index in [0.717, 1.165) is 17.7 Å². The number of aromatic nitrogens is 4. The van der Waals surface area contributed by atoms with E-state index in [2.05, 4.69) is 15.4 Å². The Bertz CT molecular complexity index is 995. The number of nitrogens with zero attached hydrogens (tertiary/aromatic N) is 5. The molecule has 3 aromatic rings. The molecular formula is C20H23N5O4S. The molecule has 0 N–H and O–H groups in total. The fourth-order valence-corrected chi connectivity index (χ4v) is 4.32. The van der Waals surface area contributed by atoms with Crippen LogP contribution in [0, 0.1) is 0 Å². The molecule has 9 nitrogen and oxygen atoms in total. The van der Waals surface area contributed by atoms with Gasteiger partial charge in [-0.3, -0.25) is 4.79 Å². The molecule has 1 aromatic carbocycles. The van der Waals surface area contributed by atoms with E-state index in [1.165, 1.54) is 21.3 Å². The van der Waals surface area contributed by atoms with Gasteiger partial charge >= 0.3 is 0 Å². The summed E-state index contributed by atoms with van der Waals surface area (Å²) in [6.45, 7) is 1.17. The Kier molecular flexibility index (Phi) is 5.84. The first kappa shape index (κ1) is 20.1. The number of carbonyl (C=O) groups excluding carboxylic acids is 1. The number of likely N-dealkylation sites (tertiary alicyclic amines) is 1. The van der Waals surface area contributed by atoms with Crippen LogP contribution in [-0.2, 0) is 6.54 Å². The molecule has 1 saturated heterocycles. The molecule has 1 fully saturated rings. The quantitative estimate of drug-likeness (QED) is 0.570. The zero-order valence-corrected chi connectivity index (χ0v) is 17.9. The van der Waals surface area contributed by atoms with E-state index in [1.807, 2.05) is 22.4 Å². The standard InChI is InChI=1S/C20H23N5O4S/c1-27-15-10-13(11-16(28-2)18(15)29-3)20(26)24-8-4-6-14(24)12-25-22-19(21-23-25)17-7-5-9-30-17/h5,7,9-11,14H,4,6,8,12H2,1-3H3/t14-/m0/s1. The maximum Gasteiger partial charge on any atom is 0.254 e. The van der Waals surface area contributed by atoms with Crippen LogP contribution in [0.25, 0.3) is 10.7 Å². The third-order valence-corrected chi connectivity index (χ3v) is 5.98. The van der Waals surface area contributed by atoms with Crippen LogP contribution in [0.2, 0.25) is 0 Å². The van der Waals surface area contributed by atoms with E-state index in [-0.39, 0.29) is 11.9 Å². The summed E-state index contributed by atoms with van der Waals surface area (Å²) in [5, 5.41) is 14.7. The van der Waals surface area contributed by atoms with Crippen LogP contribution >= 0.6 is 11.3 Å². The molecule has 1 atom stereocenters. The predicted octanol–water partition coefficient (Wildman–Crippen LogP) is 2.73. The third-order valence-electron chi connectivity index (χ3n) is 5.12. The van der Waals surface area contributed by atoms with Gasteiger partial charge < -0.3 is 19.1 Å². The second-order valence-electron chi connectivity index (χ2n) is 6.85. The van der Waals surface area contributed by atoms with Gasteiger partial charge in [-0.2, -0.15) is 4.80 Å². The zero-order valence-electron chi connectivity index (χ0n) is 17.1. The van der Waals surface area contributed by atoms with Gasteiger partial charge in [-0.05, 0) is 41.6 Å². The highest BCUT2D eigenvalue weighted by molar-refractivity contribution is 7.13. The molecule has 0 spiro atoms. The topological polar surface area (TPSA) is 91.6 Å². The van der Waals surface area contributed by atoms with Crippen molar-refractivity contribution in [1.82, 2.24) is 25.1 Å². The summed E-state index contributed by atoms with van der Waals surface area (Å²) in [6, 6.07) is 7.27. The van der Waals surface area contributed by atoms with Crippen LogP contribution in [0.15, 0.2) is 29.6 Å². The first-order chi connectivity index (χ1) is 14.6. The average Bonchev–Trinajstić information content (AvgIpc) is 3.53. The lowest BCUT2D eigenvalue weighted by Crippen LogP contribution is -2.38. The highest BCUT2D eigenvalue weighted by atomic mass is 32.1. The van der Waals surface area contributed by atoms with Crippen LogP contribution in [0.5, 0.6) is 17.2 Å². The third kappa shape index (κ3) is 3.82. The Morgan fingerprint density at radius 2 is 1.97 bits per heavy atom. The molecule has 30 heavy (non-hydrogen) atoms. The summed E-state index contributed by atoms with van der Waals surface area (Å²) < 4.78 is 16.1. The molecule has 2 aromatic heterocycles. The number of ether oxygens (including phenoxy) is 3. The van der Waals surface area contributed by atoms with Crippen molar-refractivity contribution < 1.29 is 19.0 Å². The van der Waals surface area contributed by atoms with E-state index in [0.29, 0.717) is 41.7 Å². The number of carbonyl (C=O) groups is 1. The van der Waals surface area contributed by atoms with Gasteiger partial charge in [-0.1, -0.05) is 6.07 Å². The lowest BCUT2D eigenvalue weighted by molar-refractivity contribution is 0.0717. The van der Waals surface area contributed by atoms with E-state index in [1.54, 1.807) is 28.3 Å². The van der Waals surface area contributed by atoms with Crippen LogP contribution in [-0.4, -0.2) is 64.9 Å². The van der Waals surface area contributed by atoms with Gasteiger partial charge in [-0.15, -0.1) is 21.5 Å². The molecule has 1 amide bonds. The maximum absolute atomic E-state index is 13.3. The number of tetrazole rings is 1. The Morgan fingerprint density at radius 3 is 2.60 bits per heavy atom. The van der Waals surface area contributed by atoms with E-state index in [9.17, 15) is 4.79 Å². The van der Waals surface area contributed by atoms with Crippen molar-refractivity contribution in [3.8, 4) is 28.0 Å². The Labute approximate surface area is 178 Å². The fraction of sp³-hybridized carbons (Fsp3) is 0.400. The molecule has 3 heterocycles. The second kappa shape index (κ2) is 8.70. The maximum atomic E-state index is 13.3. The minimum Gasteiger partial charge on any atom is -0.493 e. The van der Waals surface area contributed by atoms with Gasteiger partial charge in [0.1, 0.15) is 0 Å². The Morgan fingerprint density at radius 1 is 1.20 bits per heavy atom. The number of thiophene rings is 1. The summed E-state index contributed by atoms with van der Waals surface area (Å²) in [6.07, 6.45) is 1.80. The number of amides is 1. The van der Waals surface area contributed by atoms with Crippen LogP contribution in [0.3, 0.4) is 0 Å². The zero-order chi connectivity index (χ0) is 21.1. The molecule has 0 saturated carbocycles. The summed E-state index contributed by atoms with van der Waals surface area (Å²) in [7, 11) is 4.60. The largest absolute Gasteiger partial charge is 0.493 e. The second-order valence-corrected chi connectivity index (χ2v) is 7.80. The van der Waals surface area contributed by atoms with E-state index < -0.39 is 0 Å². The average molecular weight is 430 g/mol. The normalized spacial score (nSPS) is 16.0. The summed E-state index contributed by atoms with van der Waals surface area (Å²) in [4.78, 5) is 17.7. The highest BCUT2D eigenvalue weighted by Crippen LogP contribution is 2.39. The minimum absolute atomic E-state index is 0.0121. The lowest BCUT2D eigenvalue weighted by Gasteiger charge is -2.25. The van der Waals surface area contributed by atoms with Gasteiger partial charge in [-0.25, -0.2) is 0 Å². The molecule has 1 aliphatic rings. The van der Waals surface area contributed by atoms with Gasteiger partial charge in [0.05, 0.1) is 38.8 Å². The van der Waals surface area contributed by atoms with Gasteiger partial charge in [0, 0.05) is 12.1 Å². The van der Waals surface area contributed by atoms with Crippen LogP contribution in [0.1, 0.15) is 23.2 Å². The summed E-state index contributed by atoms with van der Waals surface area (Å²) >= 11 is 1.57. The summed E-state index contributed by atoms with van der Waals surface area (Å²) in [5.74, 6) is 1.88. The van der Waals surface area contributed by atoms with Crippen molar-refractivity contribution in [1.29, 1.82) is 0 Å². The number of benzene rings is 1. The van der Waals surface area contributed by atoms with Crippen molar-refractivity contribution in [2.24, 2.45) is 0 Å². The predicted molar refractivity (Wildman–Crippen MR) is 111 cm³/mol. The van der Waals surface area contributed by atoms with E-state index >= 15 is 0 Å². The smallest absolute Gasteiger partial charge is 0.254 e. The van der Waals surface area contributed by atoms with Crippen molar-refractivity contribution in [3.05, 3.63) is 35.2 Å². The molecular weight excluding hydrogens is 406 g/mol. The van der Waals surface area contributed by atoms with Crippen molar-refractivity contribution in [3.63, 3.8) is 0 Å². The molecule has 1 aliphatic heterocycles. The molecule has 0 radical (unpaired) electrons. The van der Waals surface area contributed by atoms with Crippen LogP contribution in [0.4, 0.5) is 0 Å². The monoisotopic (exact) mass is 429 g/mol. The SMILES string of the molecule is COc1cc(C(=O)N2CCC[C@H]2Cn2nnc(-c3cccs3)n2)cc(OC)c1OC. The minimum atomic E-state index is -0.0876. The Balaban J connectivity index is 1.54. The number of hydrogen-bond acceptors (Lipinski definition) is 8. The first-order valence-electron chi connectivity index (χ1n) is 9.57. The molecule has 10 heteroatoms. The molecule has 0 aliphatic carbocycles. The highest BCUT2D eigenvalue weighted by Gasteiger charge is 2.31. The molecule has 4 rings (SSSR count). The van der Waals surface area contributed by atoms with Gasteiger partial charge in [0.2, 0.25) is 11.6 Å². The van der Waals surface area contributed by atoms with Gasteiger partial charge in [0.15, 0.2) is 11.5 Å². The number of hydrogen-bond donors (Lipinski definition) is 0. The molecule has 158 valence electrons. The van der Waals surface area contributed by atoms with Crippen molar-refractivity contribution in [2.45, 2.75) is 25.4 Å². The first-order valence-corrected chi connectivity index (χ1v) is 10.4. The van der Waals surface area contributed by atoms with Crippen molar-refractivity contribution in [2.75, 3.05) is 27.9 Å². The lowest BCUT2D eigenvalue weighted by atomic mass is 10.1. The summed E-state index contributed by atoms with van der Waals surface area (Å²) in [5.41, 5.74) is 0.488. The number of methoxy groups -OCH3 is 3. The van der Waals surface area contributed by atoms with Gasteiger partial charge in [0.25, 0.3) is 5.91 Å². The number of rotatable bonds is 7. The molecule has 0 bridgehead atoms. The Hall–Kier alpha value is -3.14. The van der Waals surface area contributed by atoms with E-state index in [4.69, 9.17) is 14.2 Å².